The third kappa shape index (κ3) is 6.50. The molecule has 21 heavy (non-hydrogen) atoms. The van der Waals surface area contributed by atoms with Gasteiger partial charge < -0.3 is 22.0 Å². The van der Waals surface area contributed by atoms with E-state index in [-0.39, 0.29) is 18.5 Å². The molecule has 0 unspecified atom stereocenters. The van der Waals surface area contributed by atoms with Crippen molar-refractivity contribution < 1.29 is 26.8 Å². The number of hydrogen-bond donors (Lipinski definition) is 1. The molecule has 0 aliphatic carbocycles. The molecule has 0 spiro atoms. The van der Waals surface area contributed by atoms with Gasteiger partial charge in [0, 0.05) is 0 Å². The van der Waals surface area contributed by atoms with Crippen LogP contribution in [-0.4, -0.2) is 43.9 Å². The molecule has 5 nitrogen and oxygen atoms in total. The van der Waals surface area contributed by atoms with Crippen molar-refractivity contribution in [1.82, 2.24) is 4.98 Å². The maximum Gasteiger partial charge on any atom is 0.415 e. The van der Waals surface area contributed by atoms with Gasteiger partial charge in [-0.1, -0.05) is 17.7 Å². The van der Waals surface area contributed by atoms with Crippen molar-refractivity contribution in [2.24, 2.45) is 0 Å². The molecule has 7 heteroatoms. The van der Waals surface area contributed by atoms with E-state index in [0.717, 1.165) is 19.6 Å². The third-order valence-electron chi connectivity index (χ3n) is 3.15. The summed E-state index contributed by atoms with van der Waals surface area (Å²) in [5.74, 6) is 0.530. The first-order valence-corrected chi connectivity index (χ1v) is 7.40. The molecule has 1 N–H and O–H groups in total. The molecule has 0 aliphatic heterocycles. The summed E-state index contributed by atoms with van der Waals surface area (Å²) >= 11 is 5.89. The normalized spacial score (nSPS) is 10.1. The van der Waals surface area contributed by atoms with Crippen molar-refractivity contribution in [3.8, 4) is 0 Å². The Morgan fingerprint density at radius 1 is 1.33 bits per heavy atom. The Hall–Kier alpha value is -1.04. The number of nitrogens with one attached hydrogen (secondary N) is 1. The number of aromatic nitrogens is 1. The molecule has 0 aromatic carbocycles. The summed E-state index contributed by atoms with van der Waals surface area (Å²) in [5, 5.41) is 0.368. The Morgan fingerprint density at radius 3 is 2.52 bits per heavy atom. The van der Waals surface area contributed by atoms with E-state index < -0.39 is 0 Å². The Morgan fingerprint density at radius 2 is 2.00 bits per heavy atom. The average molecular weight is 336 g/mol. The van der Waals surface area contributed by atoms with E-state index in [1.165, 1.54) is 4.90 Å². The molecule has 0 saturated heterocycles. The van der Waals surface area contributed by atoms with E-state index >= 15 is 0 Å². The molecule has 1 rings (SSSR count). The lowest BCUT2D eigenvalue weighted by Crippen LogP contribution is -3.12. The first-order valence-electron chi connectivity index (χ1n) is 7.02. The van der Waals surface area contributed by atoms with Crippen LogP contribution in [0, 0.1) is 0 Å². The van der Waals surface area contributed by atoms with Gasteiger partial charge >= 0.3 is 6.09 Å². The van der Waals surface area contributed by atoms with Gasteiger partial charge in [0.2, 0.25) is 0 Å². The number of anilines is 1. The van der Waals surface area contributed by atoms with Gasteiger partial charge in [-0.3, -0.25) is 4.90 Å². The first kappa shape index (κ1) is 20.0. The molecule has 120 valence electrons. The van der Waals surface area contributed by atoms with Gasteiger partial charge in [0.1, 0.15) is 11.0 Å². The van der Waals surface area contributed by atoms with E-state index in [1.54, 1.807) is 30.0 Å². The molecule has 1 heterocycles. The van der Waals surface area contributed by atoms with Crippen LogP contribution in [-0.2, 0) is 4.74 Å². The van der Waals surface area contributed by atoms with Crippen LogP contribution in [0.25, 0.3) is 0 Å². The lowest BCUT2D eigenvalue weighted by atomic mass is 10.4. The van der Waals surface area contributed by atoms with Crippen molar-refractivity contribution in [2.45, 2.75) is 20.8 Å². The summed E-state index contributed by atoms with van der Waals surface area (Å²) in [6.45, 7) is 9.84. The van der Waals surface area contributed by atoms with Crippen LogP contribution in [0.4, 0.5) is 10.6 Å². The van der Waals surface area contributed by atoms with Crippen LogP contribution in [0.5, 0.6) is 0 Å². The second-order valence-electron chi connectivity index (χ2n) is 4.38. The number of rotatable bonds is 7. The highest BCUT2D eigenvalue weighted by atomic mass is 35.5. The maximum atomic E-state index is 12.1. The zero-order valence-electron chi connectivity index (χ0n) is 12.7. The zero-order chi connectivity index (χ0) is 15.0. The molecule has 1 amide bonds. The minimum Gasteiger partial charge on any atom is -1.00 e. The van der Waals surface area contributed by atoms with E-state index in [9.17, 15) is 4.79 Å². The van der Waals surface area contributed by atoms with Gasteiger partial charge in [0.25, 0.3) is 0 Å². The smallest absolute Gasteiger partial charge is 0.415 e. The van der Waals surface area contributed by atoms with Crippen LogP contribution >= 0.6 is 11.6 Å². The summed E-state index contributed by atoms with van der Waals surface area (Å²) in [6, 6.07) is 5.23. The molecule has 0 radical (unpaired) electrons. The number of carbonyl (C=O) groups is 1. The molecule has 0 fully saturated rings. The van der Waals surface area contributed by atoms with Crippen LogP contribution in [0.3, 0.4) is 0 Å². The molecule has 0 saturated carbocycles. The molecular formula is C14H23Cl2N3O2. The van der Waals surface area contributed by atoms with Crippen molar-refractivity contribution in [1.29, 1.82) is 0 Å². The standard InChI is InChI=1S/C14H22ClN3O2.ClH/c1-4-17(5-2)10-11-18(14(19)20-6-3)13-9-7-8-12(15)16-13;/h7-9H,4-6,10-11H2,1-3H3;1H. The topological polar surface area (TPSA) is 46.9 Å². The van der Waals surface area contributed by atoms with Crippen LogP contribution in [0.1, 0.15) is 20.8 Å². The largest absolute Gasteiger partial charge is 1.00 e. The van der Waals surface area contributed by atoms with Crippen molar-refractivity contribution in [3.05, 3.63) is 23.4 Å². The molecule has 0 bridgehead atoms. The van der Waals surface area contributed by atoms with E-state index in [2.05, 4.69) is 18.8 Å². The first-order chi connectivity index (χ1) is 9.62. The fourth-order valence-electron chi connectivity index (χ4n) is 1.92. The quantitative estimate of drug-likeness (QED) is 0.625. The van der Waals surface area contributed by atoms with Gasteiger partial charge in [-0.25, -0.2) is 9.78 Å². The van der Waals surface area contributed by atoms with Crippen molar-refractivity contribution in [2.75, 3.05) is 37.7 Å². The lowest BCUT2D eigenvalue weighted by molar-refractivity contribution is -0.894. The fraction of sp³-hybridized carbons (Fsp3) is 0.571. The van der Waals surface area contributed by atoms with E-state index in [1.807, 2.05) is 0 Å². The minimum absolute atomic E-state index is 0. The second kappa shape index (κ2) is 10.7. The van der Waals surface area contributed by atoms with Gasteiger partial charge in [-0.15, -0.1) is 0 Å². The SMILES string of the molecule is CCOC(=O)N(CC[NH+](CC)CC)c1cccc(Cl)n1.[Cl-]. The molecule has 1 aromatic rings. The zero-order valence-corrected chi connectivity index (χ0v) is 14.2. The highest BCUT2D eigenvalue weighted by Gasteiger charge is 2.20. The predicted octanol–water partition coefficient (Wildman–Crippen LogP) is -1.37. The van der Waals surface area contributed by atoms with Gasteiger partial charge in [-0.05, 0) is 32.9 Å². The number of amides is 1. The number of hydrogen-bond acceptors (Lipinski definition) is 3. The Balaban J connectivity index is 0.00000400. The molecule has 1 aromatic heterocycles. The summed E-state index contributed by atoms with van der Waals surface area (Å²) in [4.78, 5) is 19.2. The summed E-state index contributed by atoms with van der Waals surface area (Å²) in [6.07, 6.45) is -0.381. The maximum absolute atomic E-state index is 12.1. The second-order valence-corrected chi connectivity index (χ2v) is 4.76. The minimum atomic E-state index is -0.381. The molecule has 0 aliphatic rings. The predicted molar refractivity (Wildman–Crippen MR) is 80.5 cm³/mol. The highest BCUT2D eigenvalue weighted by Crippen LogP contribution is 2.15. The Labute approximate surface area is 137 Å². The monoisotopic (exact) mass is 335 g/mol. The summed E-state index contributed by atoms with van der Waals surface area (Å²) in [5.41, 5.74) is 0. The van der Waals surface area contributed by atoms with Crippen molar-refractivity contribution in [3.63, 3.8) is 0 Å². The number of pyridine rings is 1. The molecular weight excluding hydrogens is 313 g/mol. The van der Waals surface area contributed by atoms with Crippen molar-refractivity contribution >= 4 is 23.5 Å². The Bertz CT molecular complexity index is 428. The number of carbonyl (C=O) groups excluding carboxylic acids is 1. The third-order valence-corrected chi connectivity index (χ3v) is 3.36. The number of ether oxygens (including phenoxy) is 1. The van der Waals surface area contributed by atoms with Gasteiger partial charge in [0.15, 0.2) is 0 Å². The molecule has 0 atom stereocenters. The average Bonchev–Trinajstić information content (AvgIpc) is 2.44. The fourth-order valence-corrected chi connectivity index (χ4v) is 2.08. The number of quaternary nitrogens is 1. The van der Waals surface area contributed by atoms with Gasteiger partial charge in [0.05, 0.1) is 32.8 Å². The van der Waals surface area contributed by atoms with E-state index in [4.69, 9.17) is 16.3 Å². The van der Waals surface area contributed by atoms with Gasteiger partial charge in [-0.2, -0.15) is 0 Å². The Kier molecular flexibility index (Phi) is 10.1. The van der Waals surface area contributed by atoms with E-state index in [0.29, 0.717) is 24.1 Å². The van der Waals surface area contributed by atoms with Crippen LogP contribution in [0.2, 0.25) is 5.15 Å². The number of halogens is 2. The van der Waals surface area contributed by atoms with Crippen LogP contribution in [0.15, 0.2) is 18.2 Å². The number of likely N-dealkylation sites (N-methyl/N-ethyl adjacent to an activating group) is 1. The van der Waals surface area contributed by atoms with Crippen LogP contribution < -0.4 is 22.2 Å². The lowest BCUT2D eigenvalue weighted by Gasteiger charge is -2.23. The highest BCUT2D eigenvalue weighted by molar-refractivity contribution is 6.29. The number of nitrogens with zero attached hydrogens (tertiary/aromatic N) is 2. The summed E-state index contributed by atoms with van der Waals surface area (Å²) in [7, 11) is 0. The summed E-state index contributed by atoms with van der Waals surface area (Å²) < 4.78 is 5.09.